The quantitative estimate of drug-likeness (QED) is 0.660. The van der Waals surface area contributed by atoms with E-state index >= 15 is 0 Å². The van der Waals surface area contributed by atoms with Crippen LogP contribution in [0.15, 0.2) is 23.8 Å². The van der Waals surface area contributed by atoms with Gasteiger partial charge in [-0.05, 0) is 30.5 Å². The van der Waals surface area contributed by atoms with E-state index in [0.717, 1.165) is 17.5 Å². The highest BCUT2D eigenvalue weighted by molar-refractivity contribution is 5.94. The molecule has 3 N–H and O–H groups in total. The van der Waals surface area contributed by atoms with Crippen molar-refractivity contribution in [2.24, 2.45) is 0 Å². The highest BCUT2D eigenvalue weighted by atomic mass is 16.4. The fourth-order valence-electron chi connectivity index (χ4n) is 1.71. The third kappa shape index (κ3) is 1.37. The first-order chi connectivity index (χ1) is 6.68. The van der Waals surface area contributed by atoms with E-state index in [-0.39, 0.29) is 0 Å². The van der Waals surface area contributed by atoms with Crippen LogP contribution in [0.4, 0.5) is 5.69 Å². The number of hydrogen-bond donors (Lipinski definition) is 2. The number of anilines is 1. The second-order valence-electron chi connectivity index (χ2n) is 3.39. The molecule has 0 spiro atoms. The van der Waals surface area contributed by atoms with Gasteiger partial charge < -0.3 is 10.8 Å². The topological polar surface area (TPSA) is 63.3 Å². The summed E-state index contributed by atoms with van der Waals surface area (Å²) >= 11 is 0. The van der Waals surface area contributed by atoms with Crippen molar-refractivity contribution in [2.75, 3.05) is 5.73 Å². The molecule has 0 aromatic heterocycles. The predicted octanol–water partition coefficient (Wildman–Crippen LogP) is 1.68. The molecular formula is C11H11NO2. The Morgan fingerprint density at radius 1 is 1.36 bits per heavy atom. The average Bonchev–Trinajstić information content (AvgIpc) is 2.18. The Hall–Kier alpha value is -1.77. The van der Waals surface area contributed by atoms with Gasteiger partial charge in [-0.1, -0.05) is 12.1 Å². The van der Waals surface area contributed by atoms with E-state index in [1.54, 1.807) is 12.1 Å². The summed E-state index contributed by atoms with van der Waals surface area (Å²) in [4.78, 5) is 10.8. The van der Waals surface area contributed by atoms with E-state index in [1.807, 2.05) is 12.1 Å². The Morgan fingerprint density at radius 3 is 2.86 bits per heavy atom. The molecule has 0 fully saturated rings. The van der Waals surface area contributed by atoms with Crippen LogP contribution in [0.2, 0.25) is 0 Å². The number of hydrogen-bond acceptors (Lipinski definition) is 2. The standard InChI is InChI=1S/C11H11NO2/c12-10-3-1-2-7-4-5-8(11(13)14)6-9(7)10/h1-3,6H,4-5,12H2,(H,13,14). The van der Waals surface area contributed by atoms with Crippen molar-refractivity contribution in [3.05, 3.63) is 34.9 Å². The number of nitrogens with two attached hydrogens (primary N) is 1. The van der Waals surface area contributed by atoms with Crippen LogP contribution in [-0.4, -0.2) is 11.1 Å². The zero-order valence-corrected chi connectivity index (χ0v) is 7.66. The zero-order chi connectivity index (χ0) is 10.1. The first kappa shape index (κ1) is 8.81. The van der Waals surface area contributed by atoms with Crippen LogP contribution in [-0.2, 0) is 11.2 Å². The van der Waals surface area contributed by atoms with Crippen LogP contribution in [0.3, 0.4) is 0 Å². The molecule has 1 aromatic rings. The van der Waals surface area contributed by atoms with Gasteiger partial charge in [0.15, 0.2) is 0 Å². The first-order valence-electron chi connectivity index (χ1n) is 4.49. The fraction of sp³-hybridized carbons (Fsp3) is 0.182. The summed E-state index contributed by atoms with van der Waals surface area (Å²) in [5.74, 6) is -0.848. The summed E-state index contributed by atoms with van der Waals surface area (Å²) in [6, 6.07) is 5.68. The molecule has 0 radical (unpaired) electrons. The van der Waals surface area contributed by atoms with Crippen LogP contribution in [0, 0.1) is 0 Å². The van der Waals surface area contributed by atoms with Crippen LogP contribution < -0.4 is 5.73 Å². The van der Waals surface area contributed by atoms with Gasteiger partial charge in [-0.3, -0.25) is 0 Å². The molecule has 0 heterocycles. The van der Waals surface area contributed by atoms with Crippen LogP contribution in [0.1, 0.15) is 17.5 Å². The van der Waals surface area contributed by atoms with E-state index in [4.69, 9.17) is 10.8 Å². The van der Waals surface area contributed by atoms with Crippen molar-refractivity contribution in [1.29, 1.82) is 0 Å². The number of aryl methyl sites for hydroxylation is 1. The number of aliphatic carboxylic acids is 1. The lowest BCUT2D eigenvalue weighted by Gasteiger charge is -2.15. The molecule has 2 rings (SSSR count). The predicted molar refractivity (Wildman–Crippen MR) is 54.8 cm³/mol. The van der Waals surface area contributed by atoms with Gasteiger partial charge in [0.25, 0.3) is 0 Å². The lowest BCUT2D eigenvalue weighted by atomic mass is 9.91. The Labute approximate surface area is 81.9 Å². The molecule has 0 bridgehead atoms. The summed E-state index contributed by atoms with van der Waals surface area (Å²) in [6.45, 7) is 0. The van der Waals surface area contributed by atoms with Gasteiger partial charge in [0.1, 0.15) is 0 Å². The lowest BCUT2D eigenvalue weighted by Crippen LogP contribution is -2.08. The summed E-state index contributed by atoms with van der Waals surface area (Å²) in [5.41, 5.74) is 8.87. The normalized spacial score (nSPS) is 14.4. The number of fused-ring (bicyclic) bond motifs is 1. The van der Waals surface area contributed by atoms with Crippen molar-refractivity contribution < 1.29 is 9.90 Å². The van der Waals surface area contributed by atoms with Gasteiger partial charge in [0, 0.05) is 16.8 Å². The lowest BCUT2D eigenvalue weighted by molar-refractivity contribution is -0.132. The third-order valence-electron chi connectivity index (χ3n) is 2.49. The largest absolute Gasteiger partial charge is 0.478 e. The van der Waals surface area contributed by atoms with Crippen molar-refractivity contribution >= 4 is 17.7 Å². The minimum absolute atomic E-state index is 0.440. The minimum atomic E-state index is -0.848. The maximum absolute atomic E-state index is 10.8. The van der Waals surface area contributed by atoms with E-state index in [9.17, 15) is 4.79 Å². The number of carboxylic acids is 1. The smallest absolute Gasteiger partial charge is 0.331 e. The first-order valence-corrected chi connectivity index (χ1v) is 4.49. The number of rotatable bonds is 1. The minimum Gasteiger partial charge on any atom is -0.478 e. The summed E-state index contributed by atoms with van der Waals surface area (Å²) < 4.78 is 0. The Bertz CT molecular complexity index is 421. The molecule has 0 saturated heterocycles. The molecular weight excluding hydrogens is 178 g/mol. The molecule has 0 aliphatic heterocycles. The van der Waals surface area contributed by atoms with Gasteiger partial charge >= 0.3 is 5.97 Å². The fourth-order valence-corrected chi connectivity index (χ4v) is 1.71. The van der Waals surface area contributed by atoms with Crippen molar-refractivity contribution in [3.8, 4) is 0 Å². The van der Waals surface area contributed by atoms with Crippen molar-refractivity contribution in [3.63, 3.8) is 0 Å². The third-order valence-corrected chi connectivity index (χ3v) is 2.49. The van der Waals surface area contributed by atoms with Gasteiger partial charge in [0.2, 0.25) is 0 Å². The average molecular weight is 189 g/mol. The van der Waals surface area contributed by atoms with Crippen molar-refractivity contribution in [1.82, 2.24) is 0 Å². The summed E-state index contributed by atoms with van der Waals surface area (Å²) in [6.07, 6.45) is 3.03. The molecule has 72 valence electrons. The van der Waals surface area contributed by atoms with Gasteiger partial charge in [-0.2, -0.15) is 0 Å². The molecule has 14 heavy (non-hydrogen) atoms. The SMILES string of the molecule is Nc1cccc2c1C=C(C(=O)O)CC2. The zero-order valence-electron chi connectivity index (χ0n) is 7.66. The number of nitrogen functional groups attached to an aromatic ring is 1. The molecule has 0 atom stereocenters. The summed E-state index contributed by atoms with van der Waals surface area (Å²) in [7, 11) is 0. The molecule has 0 unspecified atom stereocenters. The maximum atomic E-state index is 10.8. The van der Waals surface area contributed by atoms with Gasteiger partial charge in [-0.25, -0.2) is 4.79 Å². The molecule has 3 nitrogen and oxygen atoms in total. The maximum Gasteiger partial charge on any atom is 0.331 e. The summed E-state index contributed by atoms with van der Waals surface area (Å²) in [5, 5.41) is 8.85. The molecule has 1 aromatic carbocycles. The van der Waals surface area contributed by atoms with Gasteiger partial charge in [0.05, 0.1) is 0 Å². The highest BCUT2D eigenvalue weighted by Gasteiger charge is 2.16. The Balaban J connectivity index is 2.52. The molecule has 0 amide bonds. The number of carbonyl (C=O) groups is 1. The second-order valence-corrected chi connectivity index (χ2v) is 3.39. The van der Waals surface area contributed by atoms with Crippen molar-refractivity contribution in [2.45, 2.75) is 12.8 Å². The van der Waals surface area contributed by atoms with E-state index in [0.29, 0.717) is 17.7 Å². The second kappa shape index (κ2) is 3.18. The molecule has 1 aliphatic carbocycles. The van der Waals surface area contributed by atoms with Gasteiger partial charge in [-0.15, -0.1) is 0 Å². The van der Waals surface area contributed by atoms with E-state index in [1.165, 1.54) is 0 Å². The molecule has 1 aliphatic rings. The Kier molecular flexibility index (Phi) is 2.00. The Morgan fingerprint density at radius 2 is 2.14 bits per heavy atom. The van der Waals surface area contributed by atoms with E-state index < -0.39 is 5.97 Å². The molecule has 0 saturated carbocycles. The molecule has 3 heteroatoms. The van der Waals surface area contributed by atoms with E-state index in [2.05, 4.69) is 0 Å². The monoisotopic (exact) mass is 189 g/mol. The van der Waals surface area contributed by atoms with Crippen LogP contribution >= 0.6 is 0 Å². The number of benzene rings is 1. The highest BCUT2D eigenvalue weighted by Crippen LogP contribution is 2.27. The van der Waals surface area contributed by atoms with Crippen LogP contribution in [0.25, 0.3) is 6.08 Å². The van der Waals surface area contributed by atoms with Crippen LogP contribution in [0.5, 0.6) is 0 Å². The number of carboxylic acid groups (broad SMARTS) is 1.